The van der Waals surface area contributed by atoms with Gasteiger partial charge in [-0.1, -0.05) is 0 Å². The monoisotopic (exact) mass is 599 g/mol. The molecule has 1 unspecified atom stereocenters. The molecule has 2 aliphatic heterocycles. The van der Waals surface area contributed by atoms with Crippen LogP contribution >= 0.6 is 0 Å². The zero-order chi connectivity index (χ0) is 30.7. The summed E-state index contributed by atoms with van der Waals surface area (Å²) >= 11 is 0. The van der Waals surface area contributed by atoms with Crippen LogP contribution in [0.3, 0.4) is 0 Å². The van der Waals surface area contributed by atoms with Gasteiger partial charge >= 0.3 is 0 Å². The number of nitrogens with two attached hydrogens (primary N) is 1. The van der Waals surface area contributed by atoms with Crippen molar-refractivity contribution in [2.24, 2.45) is 24.6 Å². The van der Waals surface area contributed by atoms with Crippen molar-refractivity contribution >= 4 is 33.9 Å². The molecule has 44 heavy (non-hydrogen) atoms. The zero-order valence-electron chi connectivity index (χ0n) is 25.9. The number of ether oxygens (including phenoxy) is 2. The number of piperidine rings is 1. The van der Waals surface area contributed by atoms with E-state index in [0.29, 0.717) is 54.8 Å². The first-order chi connectivity index (χ1) is 21.2. The van der Waals surface area contributed by atoms with Gasteiger partial charge in [0.25, 0.3) is 5.91 Å². The van der Waals surface area contributed by atoms with Crippen molar-refractivity contribution in [3.63, 3.8) is 0 Å². The molecule has 5 atom stereocenters. The molecule has 1 aliphatic carbocycles. The van der Waals surface area contributed by atoms with Gasteiger partial charge < -0.3 is 34.6 Å². The number of fused-ring (bicyclic) bond motifs is 3. The minimum Gasteiger partial charge on any atom is -0.494 e. The Balaban J connectivity index is 1.32. The van der Waals surface area contributed by atoms with Crippen LogP contribution in [0.1, 0.15) is 61.6 Å². The van der Waals surface area contributed by atoms with Crippen LogP contribution in [0.4, 0.5) is 0 Å². The molecule has 3 aliphatic rings. The molecule has 11 heteroatoms. The normalized spacial score (nSPS) is 26.0. The number of likely N-dealkylation sites (tertiary alicyclic amines) is 1. The second-order valence-electron chi connectivity index (χ2n) is 12.9. The number of hydrogen-bond acceptors (Lipinski definition) is 7. The van der Waals surface area contributed by atoms with E-state index < -0.39 is 0 Å². The minimum absolute atomic E-state index is 0.000978. The first-order valence-electron chi connectivity index (χ1n) is 15.7. The molecule has 1 saturated heterocycles. The van der Waals surface area contributed by atoms with Crippen LogP contribution in [0, 0.1) is 11.8 Å². The van der Waals surface area contributed by atoms with Gasteiger partial charge in [-0.05, 0) is 75.3 Å². The van der Waals surface area contributed by atoms with E-state index >= 15 is 0 Å². The first-order valence-corrected chi connectivity index (χ1v) is 15.7. The number of aromatic nitrogens is 4. The highest BCUT2D eigenvalue weighted by molar-refractivity contribution is 6.00. The fraction of sp³-hybridized carbons (Fsp3) is 0.515. The van der Waals surface area contributed by atoms with Gasteiger partial charge in [-0.3, -0.25) is 9.59 Å². The maximum Gasteiger partial charge on any atom is 0.254 e. The zero-order valence-corrected chi connectivity index (χ0v) is 25.9. The second-order valence-corrected chi connectivity index (χ2v) is 12.9. The van der Waals surface area contributed by atoms with E-state index in [1.54, 1.807) is 7.11 Å². The smallest absolute Gasteiger partial charge is 0.254 e. The number of carbonyl (C=O) groups excluding carboxylic acids is 2. The number of aryl methyl sites for hydroxylation is 1. The van der Waals surface area contributed by atoms with Crippen LogP contribution in [-0.2, 0) is 23.1 Å². The van der Waals surface area contributed by atoms with Crippen molar-refractivity contribution in [3.8, 4) is 17.3 Å². The average Bonchev–Trinajstić information content (AvgIpc) is 3.54. The maximum absolute atomic E-state index is 13.5. The topological polar surface area (TPSA) is 130 Å². The Morgan fingerprint density at radius 1 is 1.14 bits per heavy atom. The molecule has 7 rings (SSSR count). The molecule has 2 fully saturated rings. The third kappa shape index (κ3) is 5.21. The van der Waals surface area contributed by atoms with Gasteiger partial charge in [0.15, 0.2) is 5.82 Å². The number of hydrogen-bond donors (Lipinski definition) is 2. The number of nitrogens with zero attached hydrogens (tertiary/aromatic N) is 5. The second kappa shape index (κ2) is 11.2. The van der Waals surface area contributed by atoms with Crippen LogP contribution < -0.4 is 15.8 Å². The summed E-state index contributed by atoms with van der Waals surface area (Å²) in [6.45, 7) is 6.60. The fourth-order valence-corrected chi connectivity index (χ4v) is 6.90. The van der Waals surface area contributed by atoms with E-state index in [1.165, 1.54) is 0 Å². The number of benzene rings is 1. The summed E-state index contributed by atoms with van der Waals surface area (Å²) in [6, 6.07) is 9.63. The summed E-state index contributed by atoms with van der Waals surface area (Å²) in [5, 5.41) is 4.09. The van der Waals surface area contributed by atoms with E-state index in [9.17, 15) is 9.59 Å². The van der Waals surface area contributed by atoms with Gasteiger partial charge in [-0.2, -0.15) is 0 Å². The Hall–Kier alpha value is -3.96. The first kappa shape index (κ1) is 28.8. The molecule has 0 spiro atoms. The van der Waals surface area contributed by atoms with Crippen LogP contribution in [-0.4, -0.2) is 74.8 Å². The Morgan fingerprint density at radius 2 is 1.98 bits per heavy atom. The van der Waals surface area contributed by atoms with Gasteiger partial charge in [-0.15, -0.1) is 0 Å². The van der Waals surface area contributed by atoms with E-state index in [-0.39, 0.29) is 30.0 Å². The highest BCUT2D eigenvalue weighted by Gasteiger charge is 2.39. The summed E-state index contributed by atoms with van der Waals surface area (Å²) in [5.74, 6) is 2.16. The lowest BCUT2D eigenvalue weighted by Gasteiger charge is -2.30. The van der Waals surface area contributed by atoms with Crippen molar-refractivity contribution in [2.75, 3.05) is 26.8 Å². The number of rotatable bonds is 3. The van der Waals surface area contributed by atoms with Crippen molar-refractivity contribution in [2.45, 2.75) is 64.3 Å². The number of pyridine rings is 1. The molecule has 11 nitrogen and oxygen atoms in total. The highest BCUT2D eigenvalue weighted by Crippen LogP contribution is 2.43. The lowest BCUT2D eigenvalue weighted by atomic mass is 10.0. The van der Waals surface area contributed by atoms with Crippen LogP contribution in [0.5, 0.6) is 5.75 Å². The van der Waals surface area contributed by atoms with Gasteiger partial charge in [0.05, 0.1) is 49.2 Å². The standard InChI is InChI=1S/C33H41N7O4/c1-18-10-29(41)35-19(2)25-8-7-20-13-27(40(31(20)36-25)15-22-11-23(22)17-44-18)32-37-26-12-21(14-28(43-4)30(26)38(32)3)33(42)39-9-5-6-24(34)16-39/h7-8,12-14,18-19,22-24H,5-6,9-11,15-17,34H2,1-4H3,(H,35,41)/t18?,19-,22-,23-,24-/m1/s1. The summed E-state index contributed by atoms with van der Waals surface area (Å²) in [7, 11) is 3.61. The molecule has 3 N–H and O–H groups in total. The maximum atomic E-state index is 13.5. The molecular weight excluding hydrogens is 558 g/mol. The Morgan fingerprint density at radius 3 is 2.77 bits per heavy atom. The SMILES string of the molecule is COc1cc(C(=O)N2CCC[C@@H](N)C2)cc2nc(-c3cc4ccc5nc4n3C[C@H]3C[C@@H]3COC(C)CC(=O)N[C@@H]5C)n(C)c12. The highest BCUT2D eigenvalue weighted by atomic mass is 16.5. The Bertz CT molecular complexity index is 1760. The quantitative estimate of drug-likeness (QED) is 0.367. The minimum atomic E-state index is -0.243. The third-order valence-electron chi connectivity index (χ3n) is 9.52. The summed E-state index contributed by atoms with van der Waals surface area (Å²) in [5.41, 5.74) is 10.9. The number of methoxy groups -OCH3 is 1. The summed E-state index contributed by atoms with van der Waals surface area (Å²) < 4.78 is 16.2. The van der Waals surface area contributed by atoms with E-state index in [1.807, 2.05) is 48.6 Å². The lowest BCUT2D eigenvalue weighted by Crippen LogP contribution is -2.45. The third-order valence-corrected chi connectivity index (χ3v) is 9.52. The lowest BCUT2D eigenvalue weighted by molar-refractivity contribution is -0.124. The van der Waals surface area contributed by atoms with E-state index in [4.69, 9.17) is 25.2 Å². The summed E-state index contributed by atoms with van der Waals surface area (Å²) in [4.78, 5) is 38.2. The number of nitrogens with one attached hydrogen (secondary N) is 1. The molecule has 5 heterocycles. The molecule has 232 valence electrons. The van der Waals surface area contributed by atoms with Crippen molar-refractivity contribution < 1.29 is 19.1 Å². The molecule has 1 aromatic carbocycles. The molecule has 3 aromatic heterocycles. The largest absolute Gasteiger partial charge is 0.494 e. The Labute approximate surface area is 256 Å². The average molecular weight is 600 g/mol. The van der Waals surface area contributed by atoms with Crippen molar-refractivity contribution in [1.29, 1.82) is 0 Å². The summed E-state index contributed by atoms with van der Waals surface area (Å²) in [6.07, 6.45) is 3.09. The molecular formula is C33H41N7O4. The molecule has 1 saturated carbocycles. The predicted octanol–water partition coefficient (Wildman–Crippen LogP) is 3.78. The van der Waals surface area contributed by atoms with Crippen LogP contribution in [0.25, 0.3) is 33.6 Å². The molecule has 2 amide bonds. The predicted molar refractivity (Wildman–Crippen MR) is 167 cm³/mol. The van der Waals surface area contributed by atoms with Gasteiger partial charge in [0.2, 0.25) is 5.91 Å². The molecule has 4 aromatic rings. The number of amides is 2. The fourth-order valence-electron chi connectivity index (χ4n) is 6.90. The molecule has 2 bridgehead atoms. The molecule has 0 radical (unpaired) electrons. The van der Waals surface area contributed by atoms with Crippen LogP contribution in [0.2, 0.25) is 0 Å². The van der Waals surface area contributed by atoms with Crippen LogP contribution in [0.15, 0.2) is 30.3 Å². The van der Waals surface area contributed by atoms with E-state index in [2.05, 4.69) is 22.0 Å². The van der Waals surface area contributed by atoms with Gasteiger partial charge in [-0.25, -0.2) is 9.97 Å². The van der Waals surface area contributed by atoms with Gasteiger partial charge in [0.1, 0.15) is 16.9 Å². The van der Waals surface area contributed by atoms with Gasteiger partial charge in [0, 0.05) is 43.7 Å². The number of carbonyl (C=O) groups is 2. The Kier molecular flexibility index (Phi) is 7.32. The van der Waals surface area contributed by atoms with Crippen molar-refractivity contribution in [3.05, 3.63) is 41.6 Å². The van der Waals surface area contributed by atoms with Crippen molar-refractivity contribution in [1.82, 2.24) is 29.3 Å². The van der Waals surface area contributed by atoms with E-state index in [0.717, 1.165) is 59.6 Å². The number of imidazole rings is 1.